The minimum Gasteiger partial charge on any atom is -0.497 e. The predicted molar refractivity (Wildman–Crippen MR) is 107 cm³/mol. The van der Waals surface area contributed by atoms with Gasteiger partial charge in [-0.3, -0.25) is 14.9 Å². The lowest BCUT2D eigenvalue weighted by Crippen LogP contribution is -2.24. The lowest BCUT2D eigenvalue weighted by atomic mass is 10.1. The second-order valence-corrected chi connectivity index (χ2v) is 7.52. The van der Waals surface area contributed by atoms with Crippen LogP contribution in [0.4, 0.5) is 15.2 Å². The number of amides is 2. The Balaban J connectivity index is 1.42. The molecule has 3 aromatic rings. The molecule has 4 rings (SSSR count). The summed E-state index contributed by atoms with van der Waals surface area (Å²) in [6.45, 7) is 0.436. The summed E-state index contributed by atoms with van der Waals surface area (Å²) in [6.07, 6.45) is 0.290. The van der Waals surface area contributed by atoms with Gasteiger partial charge in [0, 0.05) is 30.1 Å². The zero-order valence-electron chi connectivity index (χ0n) is 15.5. The van der Waals surface area contributed by atoms with Crippen LogP contribution in [-0.2, 0) is 4.79 Å². The van der Waals surface area contributed by atoms with Crippen molar-refractivity contribution in [3.05, 3.63) is 64.9 Å². The first kappa shape index (κ1) is 19.0. The number of nitrogens with one attached hydrogen (secondary N) is 1. The van der Waals surface area contributed by atoms with Gasteiger partial charge < -0.3 is 9.64 Å². The number of hydrogen-bond donors (Lipinski definition) is 1. The first-order valence-electron chi connectivity index (χ1n) is 8.88. The average molecular weight is 412 g/mol. The van der Waals surface area contributed by atoms with Crippen LogP contribution in [0.2, 0.25) is 0 Å². The number of carbonyl (C=O) groups excluding carboxylic acids is 2. The van der Waals surface area contributed by atoms with Gasteiger partial charge in [-0.15, -0.1) is 10.2 Å². The fourth-order valence-electron chi connectivity index (χ4n) is 3.11. The number of benzene rings is 2. The minimum atomic E-state index is -0.349. The number of carbonyl (C=O) groups is 2. The maximum absolute atomic E-state index is 13.1. The normalized spacial score (nSPS) is 16.1. The average Bonchev–Trinajstić information content (AvgIpc) is 3.35. The summed E-state index contributed by atoms with van der Waals surface area (Å²) in [7, 11) is 1.56. The van der Waals surface area contributed by atoms with E-state index in [0.717, 1.165) is 0 Å². The largest absolute Gasteiger partial charge is 0.497 e. The van der Waals surface area contributed by atoms with Gasteiger partial charge in [0.2, 0.25) is 11.0 Å². The van der Waals surface area contributed by atoms with Crippen molar-refractivity contribution < 1.29 is 18.7 Å². The molecule has 2 amide bonds. The Kier molecular flexibility index (Phi) is 5.22. The molecule has 1 aromatic heterocycles. The fraction of sp³-hybridized carbons (Fsp3) is 0.200. The molecule has 1 atom stereocenters. The molecule has 1 fully saturated rings. The van der Waals surface area contributed by atoms with E-state index in [2.05, 4.69) is 15.5 Å². The molecule has 0 spiro atoms. The third-order valence-electron chi connectivity index (χ3n) is 4.63. The number of rotatable bonds is 5. The highest BCUT2D eigenvalue weighted by Gasteiger charge is 2.34. The van der Waals surface area contributed by atoms with Crippen LogP contribution in [0, 0.1) is 5.82 Å². The van der Waals surface area contributed by atoms with Crippen molar-refractivity contribution in [2.24, 2.45) is 0 Å². The molecule has 0 bridgehead atoms. The number of ether oxygens (including phenoxy) is 1. The molecule has 148 valence electrons. The van der Waals surface area contributed by atoms with Crippen LogP contribution in [-0.4, -0.2) is 35.7 Å². The minimum absolute atomic E-state index is 0.0550. The van der Waals surface area contributed by atoms with Crippen molar-refractivity contribution in [2.45, 2.75) is 12.3 Å². The summed E-state index contributed by atoms with van der Waals surface area (Å²) in [4.78, 5) is 26.3. The maximum atomic E-state index is 13.1. The van der Waals surface area contributed by atoms with Crippen molar-refractivity contribution in [3.8, 4) is 5.75 Å². The number of aromatic nitrogens is 2. The van der Waals surface area contributed by atoms with Gasteiger partial charge in [-0.2, -0.15) is 0 Å². The van der Waals surface area contributed by atoms with Gasteiger partial charge >= 0.3 is 0 Å². The van der Waals surface area contributed by atoms with E-state index in [1.54, 1.807) is 48.4 Å². The van der Waals surface area contributed by atoms with Crippen molar-refractivity contribution in [1.82, 2.24) is 10.2 Å². The number of anilines is 2. The molecule has 1 saturated heterocycles. The van der Waals surface area contributed by atoms with E-state index in [-0.39, 0.29) is 23.5 Å². The van der Waals surface area contributed by atoms with Gasteiger partial charge in [0.15, 0.2) is 0 Å². The lowest BCUT2D eigenvalue weighted by Gasteiger charge is -2.16. The second-order valence-electron chi connectivity index (χ2n) is 6.51. The zero-order valence-corrected chi connectivity index (χ0v) is 16.3. The van der Waals surface area contributed by atoms with Gasteiger partial charge in [0.05, 0.1) is 7.11 Å². The van der Waals surface area contributed by atoms with Gasteiger partial charge in [-0.05, 0) is 48.5 Å². The molecule has 1 N–H and O–H groups in total. The highest BCUT2D eigenvalue weighted by atomic mass is 32.1. The van der Waals surface area contributed by atoms with Gasteiger partial charge in [0.25, 0.3) is 5.91 Å². The molecule has 1 unspecified atom stereocenters. The van der Waals surface area contributed by atoms with Crippen LogP contribution in [0.1, 0.15) is 27.7 Å². The molecule has 2 heterocycles. The summed E-state index contributed by atoms with van der Waals surface area (Å²) in [5.41, 5.74) is 1.12. The summed E-state index contributed by atoms with van der Waals surface area (Å²) in [5.74, 6) is -0.169. The molecule has 1 aliphatic rings. The molecule has 7 nitrogen and oxygen atoms in total. The van der Waals surface area contributed by atoms with Crippen molar-refractivity contribution >= 4 is 34.0 Å². The van der Waals surface area contributed by atoms with E-state index in [4.69, 9.17) is 4.74 Å². The molecule has 0 radical (unpaired) electrons. The quantitative estimate of drug-likeness (QED) is 0.694. The van der Waals surface area contributed by atoms with Crippen molar-refractivity contribution in [1.29, 1.82) is 0 Å². The molecule has 1 aliphatic heterocycles. The highest BCUT2D eigenvalue weighted by molar-refractivity contribution is 7.15. The fourth-order valence-corrected chi connectivity index (χ4v) is 3.93. The Morgan fingerprint density at radius 1 is 1.17 bits per heavy atom. The molecule has 2 aromatic carbocycles. The topological polar surface area (TPSA) is 84.4 Å². The van der Waals surface area contributed by atoms with E-state index < -0.39 is 0 Å². The number of methoxy groups -OCH3 is 1. The second kappa shape index (κ2) is 7.96. The van der Waals surface area contributed by atoms with Crippen LogP contribution >= 0.6 is 11.3 Å². The third kappa shape index (κ3) is 4.09. The smallest absolute Gasteiger partial charge is 0.257 e. The molecule has 0 saturated carbocycles. The summed E-state index contributed by atoms with van der Waals surface area (Å²) < 4.78 is 18.2. The van der Waals surface area contributed by atoms with E-state index in [1.807, 2.05) is 0 Å². The Labute approximate surface area is 170 Å². The Hall–Kier alpha value is -3.33. The van der Waals surface area contributed by atoms with Crippen molar-refractivity contribution in [3.63, 3.8) is 0 Å². The van der Waals surface area contributed by atoms with E-state index in [0.29, 0.717) is 40.1 Å². The van der Waals surface area contributed by atoms with Crippen LogP contribution in [0.3, 0.4) is 0 Å². The predicted octanol–water partition coefficient (Wildman–Crippen LogP) is 3.46. The number of nitrogens with zero attached hydrogens (tertiary/aromatic N) is 3. The standard InChI is InChI=1S/C20H17FN4O3S/c1-28-16-8-2-12(3-9-16)18(27)22-20-24-23-19(29-20)13-10-17(26)25(11-13)15-6-4-14(21)5-7-15/h2-9,13H,10-11H2,1H3,(H,22,24,27). The van der Waals surface area contributed by atoms with E-state index in [9.17, 15) is 14.0 Å². The molecule has 9 heteroatoms. The SMILES string of the molecule is COc1ccc(C(=O)Nc2nnc(C3CC(=O)N(c4ccc(F)cc4)C3)s2)cc1. The molecule has 29 heavy (non-hydrogen) atoms. The zero-order chi connectivity index (χ0) is 20.4. The molecule has 0 aliphatic carbocycles. The van der Waals surface area contributed by atoms with Gasteiger partial charge in [-0.25, -0.2) is 4.39 Å². The summed E-state index contributed by atoms with van der Waals surface area (Å²) >= 11 is 1.24. The van der Waals surface area contributed by atoms with Gasteiger partial charge in [0.1, 0.15) is 16.6 Å². The highest BCUT2D eigenvalue weighted by Crippen LogP contribution is 2.34. The number of hydrogen-bond acceptors (Lipinski definition) is 6. The number of halogens is 1. The van der Waals surface area contributed by atoms with Crippen molar-refractivity contribution in [2.75, 3.05) is 23.9 Å². The lowest BCUT2D eigenvalue weighted by molar-refractivity contribution is -0.117. The van der Waals surface area contributed by atoms with Crippen LogP contribution in [0.25, 0.3) is 0 Å². The van der Waals surface area contributed by atoms with Crippen LogP contribution < -0.4 is 15.0 Å². The summed E-state index contributed by atoms with van der Waals surface area (Å²) in [6, 6.07) is 12.5. The Bertz CT molecular complexity index is 1040. The van der Waals surface area contributed by atoms with Gasteiger partial charge in [-0.1, -0.05) is 11.3 Å². The van der Waals surface area contributed by atoms with Crippen LogP contribution in [0.15, 0.2) is 48.5 Å². The third-order valence-corrected chi connectivity index (χ3v) is 5.63. The van der Waals surface area contributed by atoms with E-state index >= 15 is 0 Å². The van der Waals surface area contributed by atoms with E-state index in [1.165, 1.54) is 23.5 Å². The summed E-state index contributed by atoms with van der Waals surface area (Å²) in [5, 5.41) is 11.9. The Morgan fingerprint density at radius 2 is 1.90 bits per heavy atom. The first-order chi connectivity index (χ1) is 14.0. The Morgan fingerprint density at radius 3 is 2.59 bits per heavy atom. The molecular formula is C20H17FN4O3S. The van der Waals surface area contributed by atoms with Crippen LogP contribution in [0.5, 0.6) is 5.75 Å². The maximum Gasteiger partial charge on any atom is 0.257 e. The monoisotopic (exact) mass is 412 g/mol. The first-order valence-corrected chi connectivity index (χ1v) is 9.70. The molecular weight excluding hydrogens is 395 g/mol.